The van der Waals surface area contributed by atoms with Crippen LogP contribution in [-0.4, -0.2) is 35.6 Å². The van der Waals surface area contributed by atoms with E-state index in [2.05, 4.69) is 0 Å². The molecule has 0 aromatic heterocycles. The van der Waals surface area contributed by atoms with Crippen LogP contribution < -0.4 is 0 Å². The van der Waals surface area contributed by atoms with Crippen molar-refractivity contribution in [3.63, 3.8) is 0 Å². The number of hydrogen-bond acceptors (Lipinski definition) is 1. The molecule has 4 heavy (non-hydrogen) atoms. The van der Waals surface area contributed by atoms with Crippen LogP contribution in [0.2, 0.25) is 0 Å². The van der Waals surface area contributed by atoms with Crippen molar-refractivity contribution in [2.75, 3.05) is 12.5 Å². The number of hydrogen-bond donors (Lipinski definition) is 0. The molecule has 0 nitrogen and oxygen atoms in total. The summed E-state index contributed by atoms with van der Waals surface area (Å²) in [6, 6.07) is 0. The second-order valence-corrected chi connectivity index (χ2v) is 1.22. The molecule has 0 aromatic carbocycles. The van der Waals surface area contributed by atoms with Crippen LogP contribution in [-0.2, 0) is 0 Å². The first-order valence-electron chi connectivity index (χ1n) is 0.816. The molecule has 0 rings (SSSR count). The first-order valence-corrected chi connectivity index (χ1v) is 2.45. The lowest BCUT2D eigenvalue weighted by molar-refractivity contribution is 2.37. The molecule has 0 spiro atoms. The highest BCUT2D eigenvalue weighted by atomic mass is 32.2. The molecule has 0 bridgehead atoms. The van der Waals surface area contributed by atoms with E-state index in [4.69, 9.17) is 0 Å². The van der Waals surface area contributed by atoms with Crippen LogP contribution in [0.5, 0.6) is 0 Å². The topological polar surface area (TPSA) is 0 Å². The van der Waals surface area contributed by atoms with E-state index < -0.39 is 0 Å². The van der Waals surface area contributed by atoms with Crippen LogP contribution in [0, 0.1) is 0 Å². The SMILES string of the molecule is CSC.[MgH2]. The summed E-state index contributed by atoms with van der Waals surface area (Å²) in [5.74, 6) is 0. The fraction of sp³-hybridized carbons (Fsp3) is 1.00. The largest absolute Gasteiger partial charge is 0.316 e. The van der Waals surface area contributed by atoms with Crippen molar-refractivity contribution in [3.8, 4) is 0 Å². The molecule has 0 saturated carbocycles. The monoisotopic (exact) mass is 88.0 g/mol. The summed E-state index contributed by atoms with van der Waals surface area (Å²) in [7, 11) is 0. The lowest BCUT2D eigenvalue weighted by Gasteiger charge is -1.51. The second-order valence-electron chi connectivity index (χ2n) is 0.408. The van der Waals surface area contributed by atoms with E-state index in [1.165, 1.54) is 0 Å². The highest BCUT2D eigenvalue weighted by Gasteiger charge is 1.32. The van der Waals surface area contributed by atoms with E-state index in [0.717, 1.165) is 0 Å². The zero-order valence-electron chi connectivity index (χ0n) is 2.41. The second kappa shape index (κ2) is 8.93. The smallest absolute Gasteiger partial charge is 0.169 e. The summed E-state index contributed by atoms with van der Waals surface area (Å²) in [6.07, 6.45) is 4.08. The van der Waals surface area contributed by atoms with E-state index in [-0.39, 0.29) is 23.1 Å². The Balaban J connectivity index is 0. The first kappa shape index (κ1) is 8.93. The minimum atomic E-state index is 0. The Morgan fingerprint density at radius 1 is 1.25 bits per heavy atom. The molecule has 0 aromatic rings. The molecule has 0 aliphatic heterocycles. The van der Waals surface area contributed by atoms with E-state index in [1.54, 1.807) is 11.8 Å². The molecule has 0 amide bonds. The van der Waals surface area contributed by atoms with E-state index in [1.807, 2.05) is 12.5 Å². The van der Waals surface area contributed by atoms with Gasteiger partial charge in [0, 0.05) is 0 Å². The van der Waals surface area contributed by atoms with Crippen LogP contribution in [0.1, 0.15) is 0 Å². The lowest BCUT2D eigenvalue weighted by atomic mass is 11.9. The van der Waals surface area contributed by atoms with Gasteiger partial charge in [0.05, 0.1) is 0 Å². The Kier molecular flexibility index (Phi) is 19.9. The summed E-state index contributed by atoms with van der Waals surface area (Å²) in [5, 5.41) is 0. The van der Waals surface area contributed by atoms with Crippen molar-refractivity contribution in [3.05, 3.63) is 0 Å². The molecule has 0 fully saturated rings. The van der Waals surface area contributed by atoms with Crippen molar-refractivity contribution in [2.45, 2.75) is 0 Å². The molecule has 0 heterocycles. The predicted molar refractivity (Wildman–Crippen MR) is 28.0 cm³/mol. The Hall–Kier alpha value is 1.12. The van der Waals surface area contributed by atoms with Crippen molar-refractivity contribution in [2.24, 2.45) is 0 Å². The first-order chi connectivity index (χ1) is 1.41. The number of thioether (sulfide) groups is 1. The van der Waals surface area contributed by atoms with Crippen molar-refractivity contribution in [1.82, 2.24) is 0 Å². The summed E-state index contributed by atoms with van der Waals surface area (Å²) < 4.78 is 0. The minimum Gasteiger partial charge on any atom is -0.169 e. The maximum Gasteiger partial charge on any atom is 0.316 e. The lowest BCUT2D eigenvalue weighted by Crippen LogP contribution is -1.25. The molecule has 0 radical (unpaired) electrons. The fourth-order valence-electron chi connectivity index (χ4n) is 0. The average Bonchev–Trinajstić information content (AvgIpc) is 0.918. The van der Waals surface area contributed by atoms with Gasteiger partial charge in [0.1, 0.15) is 0 Å². The van der Waals surface area contributed by atoms with Gasteiger partial charge in [-0.15, -0.1) is 0 Å². The quantitative estimate of drug-likeness (QED) is 0.378. The van der Waals surface area contributed by atoms with Gasteiger partial charge in [-0.1, -0.05) is 0 Å². The molecule has 0 saturated heterocycles. The summed E-state index contributed by atoms with van der Waals surface area (Å²) in [5.41, 5.74) is 0. The van der Waals surface area contributed by atoms with E-state index >= 15 is 0 Å². The zero-order valence-corrected chi connectivity index (χ0v) is 3.22. The van der Waals surface area contributed by atoms with E-state index in [9.17, 15) is 0 Å². The van der Waals surface area contributed by atoms with Crippen LogP contribution >= 0.6 is 11.8 Å². The maximum absolute atomic E-state index is 2.04. The predicted octanol–water partition coefficient (Wildman–Crippen LogP) is 0.0630. The van der Waals surface area contributed by atoms with Crippen LogP contribution in [0.15, 0.2) is 0 Å². The molecule has 0 atom stereocenters. The Morgan fingerprint density at radius 2 is 1.25 bits per heavy atom. The Labute approximate surface area is 47.5 Å². The molecular formula is C2H8MgS. The van der Waals surface area contributed by atoms with Gasteiger partial charge in [-0.2, -0.15) is 11.8 Å². The molecule has 0 aliphatic rings. The maximum atomic E-state index is 2.04. The minimum absolute atomic E-state index is 0. The normalized spacial score (nSPS) is 4.50. The van der Waals surface area contributed by atoms with Gasteiger partial charge < -0.3 is 0 Å². The van der Waals surface area contributed by atoms with Gasteiger partial charge in [0.15, 0.2) is 0 Å². The van der Waals surface area contributed by atoms with Crippen molar-refractivity contribution in [1.29, 1.82) is 0 Å². The molecule has 0 unspecified atom stereocenters. The third-order valence-electron chi connectivity index (χ3n) is 0. The molecule has 24 valence electrons. The summed E-state index contributed by atoms with van der Waals surface area (Å²) in [4.78, 5) is 0. The van der Waals surface area contributed by atoms with Crippen LogP contribution in [0.3, 0.4) is 0 Å². The summed E-state index contributed by atoms with van der Waals surface area (Å²) in [6.45, 7) is 0. The average molecular weight is 88.5 g/mol. The van der Waals surface area contributed by atoms with Gasteiger partial charge in [-0.3, -0.25) is 0 Å². The van der Waals surface area contributed by atoms with Gasteiger partial charge in [0.25, 0.3) is 0 Å². The van der Waals surface area contributed by atoms with Crippen molar-refractivity contribution < 1.29 is 0 Å². The summed E-state index contributed by atoms with van der Waals surface area (Å²) >= 11 is 1.75. The fourth-order valence-corrected chi connectivity index (χ4v) is 0. The van der Waals surface area contributed by atoms with Gasteiger partial charge in [0.2, 0.25) is 0 Å². The Morgan fingerprint density at radius 3 is 1.25 bits per heavy atom. The molecule has 2 heteroatoms. The van der Waals surface area contributed by atoms with Gasteiger partial charge >= 0.3 is 23.1 Å². The standard InChI is InChI=1S/C2H6S.Mg.2H/c1-3-2;;;/h1-2H3;;;. The zero-order chi connectivity index (χ0) is 2.71. The Bertz CT molecular complexity index is 6.00. The third-order valence-corrected chi connectivity index (χ3v) is 0. The molecule has 0 N–H and O–H groups in total. The number of rotatable bonds is 0. The third kappa shape index (κ3) is 11.2. The van der Waals surface area contributed by atoms with Crippen LogP contribution in [0.25, 0.3) is 0 Å². The molecule has 0 aliphatic carbocycles. The van der Waals surface area contributed by atoms with Gasteiger partial charge in [-0.25, -0.2) is 0 Å². The van der Waals surface area contributed by atoms with Gasteiger partial charge in [-0.05, 0) is 12.5 Å². The van der Waals surface area contributed by atoms with E-state index in [0.29, 0.717) is 0 Å². The highest BCUT2D eigenvalue weighted by molar-refractivity contribution is 7.97. The highest BCUT2D eigenvalue weighted by Crippen LogP contribution is 1.70. The molecular weight excluding hydrogens is 80.4 g/mol. The van der Waals surface area contributed by atoms with Crippen molar-refractivity contribution >= 4 is 34.8 Å². The van der Waals surface area contributed by atoms with Crippen LogP contribution in [0.4, 0.5) is 0 Å².